The number of hydrogen-bond donors (Lipinski definition) is 2. The summed E-state index contributed by atoms with van der Waals surface area (Å²) < 4.78 is 5.07. The molecule has 0 bridgehead atoms. The molecule has 1 aliphatic heterocycles. The highest BCUT2D eigenvalue weighted by Crippen LogP contribution is 2.20. The highest BCUT2D eigenvalue weighted by molar-refractivity contribution is 6.29. The van der Waals surface area contributed by atoms with Crippen LogP contribution in [0.3, 0.4) is 0 Å². The van der Waals surface area contributed by atoms with E-state index in [2.05, 4.69) is 11.9 Å². The van der Waals surface area contributed by atoms with Gasteiger partial charge in [0.25, 0.3) is 0 Å². The molecular weight excluding hydrogens is 248 g/mol. The number of carbonyl (C=O) groups excluding carboxylic acids is 1. The van der Waals surface area contributed by atoms with Crippen LogP contribution in [-0.4, -0.2) is 54.4 Å². The second kappa shape index (κ2) is 5.88. The number of rotatable bonds is 4. The Hall–Kier alpha value is -1.27. The topological polar surface area (TPSA) is 78.9 Å². The van der Waals surface area contributed by atoms with E-state index in [1.807, 2.05) is 0 Å². The fourth-order valence-electron chi connectivity index (χ4n) is 1.70. The van der Waals surface area contributed by atoms with Gasteiger partial charge < -0.3 is 20.1 Å². The first-order chi connectivity index (χ1) is 7.95. The minimum Gasteiger partial charge on any atom is -0.480 e. The van der Waals surface area contributed by atoms with Gasteiger partial charge in [-0.3, -0.25) is 0 Å². The predicted molar refractivity (Wildman–Crippen MR) is 61.9 cm³/mol. The lowest BCUT2D eigenvalue weighted by Gasteiger charge is -2.21. The number of urea groups is 1. The van der Waals surface area contributed by atoms with Crippen molar-refractivity contribution in [2.45, 2.75) is 18.6 Å². The van der Waals surface area contributed by atoms with Gasteiger partial charge in [-0.2, -0.15) is 0 Å². The molecule has 1 saturated heterocycles. The van der Waals surface area contributed by atoms with Crippen LogP contribution in [0.15, 0.2) is 11.6 Å². The van der Waals surface area contributed by atoms with Crippen LogP contribution in [0.1, 0.15) is 6.42 Å². The molecule has 96 valence electrons. The van der Waals surface area contributed by atoms with Crippen LogP contribution >= 0.6 is 11.6 Å². The average molecular weight is 263 g/mol. The number of nitrogens with zero attached hydrogens (tertiary/aromatic N) is 1. The normalized spacial score (nSPS) is 23.5. The van der Waals surface area contributed by atoms with E-state index in [9.17, 15) is 9.59 Å². The van der Waals surface area contributed by atoms with E-state index < -0.39 is 18.0 Å². The molecule has 0 aromatic rings. The van der Waals surface area contributed by atoms with Crippen molar-refractivity contribution in [2.75, 3.05) is 20.2 Å². The lowest BCUT2D eigenvalue weighted by Crippen LogP contribution is -2.46. The Bertz CT molecular complexity index is 334. The number of aliphatic carboxylic acids is 1. The maximum atomic E-state index is 11.7. The van der Waals surface area contributed by atoms with Gasteiger partial charge in [0.05, 0.1) is 12.6 Å². The number of carboxylic acid groups (broad SMARTS) is 1. The number of halogens is 1. The molecule has 0 aliphatic carbocycles. The summed E-state index contributed by atoms with van der Waals surface area (Å²) in [5.41, 5.74) is 0. The van der Waals surface area contributed by atoms with E-state index in [1.54, 1.807) is 0 Å². The van der Waals surface area contributed by atoms with Gasteiger partial charge in [0.15, 0.2) is 0 Å². The number of amides is 2. The van der Waals surface area contributed by atoms with Gasteiger partial charge in [0.2, 0.25) is 0 Å². The number of nitrogens with one attached hydrogen (secondary N) is 1. The first-order valence-electron chi connectivity index (χ1n) is 5.09. The Morgan fingerprint density at radius 1 is 1.65 bits per heavy atom. The zero-order valence-corrected chi connectivity index (χ0v) is 10.2. The lowest BCUT2D eigenvalue weighted by atomic mass is 10.2. The third-order valence-corrected chi connectivity index (χ3v) is 2.71. The quantitative estimate of drug-likeness (QED) is 0.779. The maximum Gasteiger partial charge on any atom is 0.326 e. The monoisotopic (exact) mass is 262 g/mol. The van der Waals surface area contributed by atoms with Crippen molar-refractivity contribution in [3.63, 3.8) is 0 Å². The van der Waals surface area contributed by atoms with Crippen LogP contribution in [0.25, 0.3) is 0 Å². The smallest absolute Gasteiger partial charge is 0.326 e. The average Bonchev–Trinajstić information content (AvgIpc) is 2.69. The highest BCUT2D eigenvalue weighted by Gasteiger charge is 2.39. The molecule has 2 N–H and O–H groups in total. The molecule has 17 heavy (non-hydrogen) atoms. The van der Waals surface area contributed by atoms with Gasteiger partial charge in [-0.15, -0.1) is 0 Å². The van der Waals surface area contributed by atoms with Crippen molar-refractivity contribution < 1.29 is 19.4 Å². The second-order valence-corrected chi connectivity index (χ2v) is 4.31. The zero-order chi connectivity index (χ0) is 13.0. The predicted octanol–water partition coefficient (Wildman–Crippen LogP) is 0.622. The van der Waals surface area contributed by atoms with Gasteiger partial charge in [0, 0.05) is 25.1 Å². The summed E-state index contributed by atoms with van der Waals surface area (Å²) in [4.78, 5) is 23.9. The first kappa shape index (κ1) is 13.8. The summed E-state index contributed by atoms with van der Waals surface area (Å²) in [6, 6.07) is -1.33. The van der Waals surface area contributed by atoms with Crippen molar-refractivity contribution in [3.8, 4) is 0 Å². The van der Waals surface area contributed by atoms with E-state index in [-0.39, 0.29) is 24.2 Å². The summed E-state index contributed by atoms with van der Waals surface area (Å²) in [7, 11) is 1.49. The van der Waals surface area contributed by atoms with Crippen LogP contribution in [0.4, 0.5) is 4.79 Å². The molecule has 1 fully saturated rings. The Balaban J connectivity index is 2.63. The van der Waals surface area contributed by atoms with Crippen LogP contribution in [-0.2, 0) is 9.53 Å². The summed E-state index contributed by atoms with van der Waals surface area (Å²) in [5, 5.41) is 11.8. The van der Waals surface area contributed by atoms with E-state index in [4.69, 9.17) is 21.4 Å². The van der Waals surface area contributed by atoms with Crippen molar-refractivity contribution in [3.05, 3.63) is 11.6 Å². The molecule has 2 atom stereocenters. The molecule has 0 aromatic carbocycles. The minimum absolute atomic E-state index is 0.112. The van der Waals surface area contributed by atoms with Crippen LogP contribution in [0, 0.1) is 0 Å². The van der Waals surface area contributed by atoms with Crippen molar-refractivity contribution in [1.82, 2.24) is 10.2 Å². The van der Waals surface area contributed by atoms with E-state index in [0.29, 0.717) is 6.42 Å². The largest absolute Gasteiger partial charge is 0.480 e. The zero-order valence-electron chi connectivity index (χ0n) is 9.48. The maximum absolute atomic E-state index is 11.7. The number of likely N-dealkylation sites (tertiary alicyclic amines) is 1. The molecule has 1 aliphatic rings. The fraction of sp³-hybridized carbons (Fsp3) is 0.600. The third-order valence-electron chi connectivity index (χ3n) is 2.57. The number of carboxylic acids is 1. The number of ether oxygens (including phenoxy) is 1. The molecule has 6 nitrogen and oxygen atoms in total. The molecule has 2 amide bonds. The fourth-order valence-corrected chi connectivity index (χ4v) is 1.77. The van der Waals surface area contributed by atoms with Gasteiger partial charge in [-0.25, -0.2) is 9.59 Å². The van der Waals surface area contributed by atoms with E-state index in [0.717, 1.165) is 0 Å². The Kier molecular flexibility index (Phi) is 4.77. The second-order valence-electron chi connectivity index (χ2n) is 3.78. The molecule has 0 radical (unpaired) electrons. The van der Waals surface area contributed by atoms with Crippen molar-refractivity contribution in [1.29, 1.82) is 0 Å². The van der Waals surface area contributed by atoms with Crippen LogP contribution in [0.5, 0.6) is 0 Å². The van der Waals surface area contributed by atoms with E-state index in [1.165, 1.54) is 12.0 Å². The Labute approximate surface area is 104 Å². The number of carbonyl (C=O) groups is 2. The number of hydrogen-bond acceptors (Lipinski definition) is 3. The molecule has 0 spiro atoms. The third kappa shape index (κ3) is 3.61. The summed E-state index contributed by atoms with van der Waals surface area (Å²) in [6.45, 7) is 3.80. The molecule has 1 heterocycles. The van der Waals surface area contributed by atoms with Crippen molar-refractivity contribution in [2.24, 2.45) is 0 Å². The standard InChI is InChI=1S/C10H15ClN2O4/c1-6(11)4-12-10(16)13-5-7(17-2)3-8(13)9(14)15/h7-8H,1,3-5H2,2H3,(H,12,16)(H,14,15). The summed E-state index contributed by atoms with van der Waals surface area (Å²) in [5.74, 6) is -1.04. The van der Waals surface area contributed by atoms with Gasteiger partial charge >= 0.3 is 12.0 Å². The number of methoxy groups -OCH3 is 1. The Morgan fingerprint density at radius 2 is 2.29 bits per heavy atom. The molecule has 2 unspecified atom stereocenters. The Morgan fingerprint density at radius 3 is 2.76 bits per heavy atom. The summed E-state index contributed by atoms with van der Waals surface area (Å²) >= 11 is 5.51. The van der Waals surface area contributed by atoms with E-state index >= 15 is 0 Å². The van der Waals surface area contributed by atoms with Crippen molar-refractivity contribution >= 4 is 23.6 Å². The van der Waals surface area contributed by atoms with Crippen LogP contribution in [0.2, 0.25) is 0 Å². The van der Waals surface area contributed by atoms with Crippen LogP contribution < -0.4 is 5.32 Å². The molecule has 0 saturated carbocycles. The van der Waals surface area contributed by atoms with Gasteiger partial charge in [0.1, 0.15) is 6.04 Å². The molecule has 0 aromatic heterocycles. The van der Waals surface area contributed by atoms with Gasteiger partial charge in [-0.05, 0) is 0 Å². The molecule has 7 heteroatoms. The van der Waals surface area contributed by atoms with Gasteiger partial charge in [-0.1, -0.05) is 18.2 Å². The molecule has 1 rings (SSSR count). The first-order valence-corrected chi connectivity index (χ1v) is 5.46. The SMILES string of the molecule is C=C(Cl)CNC(=O)N1CC(OC)CC1C(=O)O. The lowest BCUT2D eigenvalue weighted by molar-refractivity contribution is -0.141. The highest BCUT2D eigenvalue weighted by atomic mass is 35.5. The molecular formula is C10H15ClN2O4. The summed E-state index contributed by atoms with van der Waals surface area (Å²) in [6.07, 6.45) is 0.0437. The minimum atomic E-state index is -1.04.